The average Bonchev–Trinajstić information content (AvgIpc) is 3.68. The second-order valence-corrected chi connectivity index (χ2v) is 21.7. The highest BCUT2D eigenvalue weighted by Gasteiger charge is 2.44. The number of hydrogen-bond acceptors (Lipinski definition) is 7. The maximum absolute atomic E-state index is 13.0. The molecule has 7 rings (SSSR count). The van der Waals surface area contributed by atoms with Gasteiger partial charge in [0.15, 0.2) is 5.71 Å². The van der Waals surface area contributed by atoms with Crippen molar-refractivity contribution in [2.45, 2.75) is 141 Å². The lowest BCUT2D eigenvalue weighted by molar-refractivity contribution is -0.438. The van der Waals surface area contributed by atoms with E-state index in [9.17, 15) is 22.6 Å². The number of aryl methyl sites for hydroxylation is 2. The highest BCUT2D eigenvalue weighted by molar-refractivity contribution is 7.85. The summed E-state index contributed by atoms with van der Waals surface area (Å²) in [6.45, 7) is 15.2. The van der Waals surface area contributed by atoms with Gasteiger partial charge in [0.2, 0.25) is 11.6 Å². The van der Waals surface area contributed by atoms with Crippen molar-refractivity contribution in [3.05, 3.63) is 160 Å². The number of amidine groups is 1. The number of rotatable bonds is 22. The summed E-state index contributed by atoms with van der Waals surface area (Å²) in [5.41, 5.74) is 17.4. The SMILES string of the molecule is CCCC[N+]1=C(/C=C/C2=C(Oc3ccc(S(=O)(=O)O)cc3)C(=C/C=C3/N(CCCCCC(=O)CCC(=O)Nc4cccc(CCC(=N)N)c4)c4ccc(C)cc4C3(C)C)/CCC2)C(C)(C)c2ccccc21. The van der Waals surface area contributed by atoms with E-state index < -0.39 is 10.1 Å². The third-order valence-electron chi connectivity index (χ3n) is 14.1. The van der Waals surface area contributed by atoms with E-state index in [2.05, 4.69) is 123 Å². The molecule has 0 spiro atoms. The Morgan fingerprint density at radius 1 is 0.845 bits per heavy atom. The molecule has 71 heavy (non-hydrogen) atoms. The maximum atomic E-state index is 13.0. The van der Waals surface area contributed by atoms with Gasteiger partial charge in [0.1, 0.15) is 23.8 Å². The van der Waals surface area contributed by atoms with E-state index in [0.29, 0.717) is 30.7 Å². The number of allylic oxidation sites excluding steroid dienone is 7. The van der Waals surface area contributed by atoms with Crippen LogP contribution in [0.15, 0.2) is 143 Å². The lowest BCUT2D eigenvalue weighted by Crippen LogP contribution is -2.28. The van der Waals surface area contributed by atoms with E-state index in [1.165, 1.54) is 51.6 Å². The number of benzene rings is 4. The summed E-state index contributed by atoms with van der Waals surface area (Å²) < 4.78 is 42.9. The molecule has 0 bridgehead atoms. The van der Waals surface area contributed by atoms with Gasteiger partial charge < -0.3 is 20.7 Å². The molecule has 1 aliphatic carbocycles. The predicted octanol–water partition coefficient (Wildman–Crippen LogP) is 12.5. The summed E-state index contributed by atoms with van der Waals surface area (Å²) >= 11 is 0. The van der Waals surface area contributed by atoms with Gasteiger partial charge in [-0.2, -0.15) is 13.0 Å². The lowest BCUT2D eigenvalue weighted by Gasteiger charge is -2.27. The van der Waals surface area contributed by atoms with Crippen molar-refractivity contribution in [3.63, 3.8) is 0 Å². The molecule has 0 radical (unpaired) electrons. The van der Waals surface area contributed by atoms with E-state index >= 15 is 0 Å². The topological polar surface area (TPSA) is 166 Å². The van der Waals surface area contributed by atoms with E-state index in [1.807, 2.05) is 24.3 Å². The third-order valence-corrected chi connectivity index (χ3v) is 15.0. The van der Waals surface area contributed by atoms with Gasteiger partial charge in [-0.1, -0.05) is 87.7 Å². The summed E-state index contributed by atoms with van der Waals surface area (Å²) in [5.74, 6) is 1.22. The van der Waals surface area contributed by atoms with Crippen molar-refractivity contribution in [2.75, 3.05) is 23.3 Å². The van der Waals surface area contributed by atoms with Crippen molar-refractivity contribution >= 4 is 50.4 Å². The molecule has 3 aliphatic rings. The zero-order valence-corrected chi connectivity index (χ0v) is 43.3. The molecule has 12 heteroatoms. The molecule has 2 heterocycles. The Balaban J connectivity index is 1.10. The number of Topliss-reactive ketones (excluding diaryl/α,β-unsaturated/α-hetero) is 1. The van der Waals surface area contributed by atoms with Crippen LogP contribution in [-0.4, -0.2) is 53.9 Å². The quantitative estimate of drug-likeness (QED) is 0.0199. The molecule has 5 N–H and O–H groups in total. The first-order chi connectivity index (χ1) is 33.9. The molecule has 1 amide bonds. The standard InChI is InChI=1S/C59H71N5O6S/c1-7-8-37-63-51-22-12-11-21-49(51)58(3,4)53(63)33-25-43-17-15-18-44(57(43)70-47-28-30-48(31-29-47)71(67,68)69)26-34-54-59(5,6)50-39-41(2)23-32-52(50)64(54)38-13-9-10-20-46(65)27-36-56(66)62-45-19-14-16-42(40-45)24-35-55(60)61/h11-12,14,16,19,21-23,25-26,28-34,39-40H,7-10,13,15,17-18,20,24,27,35-38H2,1-6H3,(H4-,60,61,62,66,67,68,69)/p+1. The minimum absolute atomic E-state index is 0.0808. The summed E-state index contributed by atoms with van der Waals surface area (Å²) in [5, 5.41) is 10.4. The highest BCUT2D eigenvalue weighted by Crippen LogP contribution is 2.49. The normalized spacial score (nSPS) is 17.3. The number of anilines is 2. The number of nitrogens with one attached hydrogen (secondary N) is 2. The second kappa shape index (κ2) is 22.8. The Bertz CT molecular complexity index is 2920. The molecule has 0 atom stereocenters. The Morgan fingerprint density at radius 3 is 2.37 bits per heavy atom. The fraction of sp³-hybridized carbons (Fsp3) is 0.390. The number of para-hydroxylation sites is 1. The van der Waals surface area contributed by atoms with Crippen LogP contribution in [0.1, 0.15) is 134 Å². The number of amides is 1. The Morgan fingerprint density at radius 2 is 1.62 bits per heavy atom. The van der Waals surface area contributed by atoms with Gasteiger partial charge in [-0.15, -0.1) is 0 Å². The van der Waals surface area contributed by atoms with Crippen LogP contribution in [0.5, 0.6) is 5.75 Å². The van der Waals surface area contributed by atoms with Crippen molar-refractivity contribution in [2.24, 2.45) is 5.73 Å². The number of hydrogen-bond donors (Lipinski definition) is 4. The molecule has 374 valence electrons. The van der Waals surface area contributed by atoms with Gasteiger partial charge in [0.05, 0.1) is 16.1 Å². The summed E-state index contributed by atoms with van der Waals surface area (Å²) in [6, 6.07) is 28.8. The lowest BCUT2D eigenvalue weighted by atomic mass is 9.81. The van der Waals surface area contributed by atoms with Crippen LogP contribution in [0.2, 0.25) is 0 Å². The summed E-state index contributed by atoms with van der Waals surface area (Å²) in [7, 11) is -4.38. The maximum Gasteiger partial charge on any atom is 0.294 e. The van der Waals surface area contributed by atoms with Crippen molar-refractivity contribution in [1.29, 1.82) is 5.41 Å². The molecule has 11 nitrogen and oxygen atoms in total. The van der Waals surface area contributed by atoms with Crippen LogP contribution in [0.25, 0.3) is 0 Å². The Labute approximate surface area is 421 Å². The van der Waals surface area contributed by atoms with Gasteiger partial charge >= 0.3 is 0 Å². The summed E-state index contributed by atoms with van der Waals surface area (Å²) in [4.78, 5) is 27.9. The molecular weight excluding hydrogens is 907 g/mol. The number of ketones is 1. The van der Waals surface area contributed by atoms with Gasteiger partial charge in [0, 0.05) is 78.8 Å². The van der Waals surface area contributed by atoms with Crippen molar-refractivity contribution in [1.82, 2.24) is 0 Å². The fourth-order valence-electron chi connectivity index (χ4n) is 10.2. The minimum Gasteiger partial charge on any atom is -0.457 e. The van der Waals surface area contributed by atoms with E-state index in [1.54, 1.807) is 12.1 Å². The zero-order chi connectivity index (χ0) is 50.9. The number of ether oxygens (including phenoxy) is 1. The Kier molecular flexibility index (Phi) is 16.8. The largest absolute Gasteiger partial charge is 0.457 e. The number of fused-ring (bicyclic) bond motifs is 2. The van der Waals surface area contributed by atoms with Crippen molar-refractivity contribution in [3.8, 4) is 5.75 Å². The molecule has 0 unspecified atom stereocenters. The molecule has 4 aromatic rings. The highest BCUT2D eigenvalue weighted by atomic mass is 32.2. The monoisotopic (exact) mass is 979 g/mol. The Hall–Kier alpha value is -6.37. The zero-order valence-electron chi connectivity index (χ0n) is 42.4. The van der Waals surface area contributed by atoms with Gasteiger partial charge in [-0.25, -0.2) is 0 Å². The van der Waals surface area contributed by atoms with Gasteiger partial charge in [0.25, 0.3) is 10.1 Å². The first-order valence-electron chi connectivity index (χ1n) is 25.3. The van der Waals surface area contributed by atoms with Crippen LogP contribution < -0.4 is 20.7 Å². The van der Waals surface area contributed by atoms with Gasteiger partial charge in [-0.05, 0) is 136 Å². The molecule has 0 saturated heterocycles. The molecule has 4 aromatic carbocycles. The van der Waals surface area contributed by atoms with Crippen LogP contribution in [0.3, 0.4) is 0 Å². The smallest absolute Gasteiger partial charge is 0.294 e. The molecule has 0 fully saturated rings. The van der Waals surface area contributed by atoms with Gasteiger partial charge in [-0.3, -0.25) is 19.6 Å². The van der Waals surface area contributed by atoms with Crippen LogP contribution in [0.4, 0.5) is 17.1 Å². The average molecular weight is 979 g/mol. The van der Waals surface area contributed by atoms with Crippen molar-refractivity contribution < 1.29 is 31.9 Å². The number of nitrogens with zero attached hydrogens (tertiary/aromatic N) is 2. The number of carbonyl (C=O) groups is 2. The van der Waals surface area contributed by atoms with E-state index in [0.717, 1.165) is 86.9 Å². The first-order valence-corrected chi connectivity index (χ1v) is 26.8. The number of unbranched alkanes of at least 4 members (excludes halogenated alkanes) is 3. The van der Waals surface area contributed by atoms with Crippen LogP contribution in [0, 0.1) is 12.3 Å². The molecular formula is C59H72N5O6S+. The summed E-state index contributed by atoms with van der Waals surface area (Å²) in [6.07, 6.45) is 17.9. The molecule has 2 aliphatic heterocycles. The third kappa shape index (κ3) is 12.8. The molecule has 0 saturated carbocycles. The number of carbonyl (C=O) groups excluding carboxylic acids is 2. The number of nitrogens with two attached hydrogens (primary N) is 1. The molecule has 0 aromatic heterocycles. The van der Waals surface area contributed by atoms with Crippen LogP contribution in [-0.2, 0) is 37.0 Å². The van der Waals surface area contributed by atoms with Crippen LogP contribution >= 0.6 is 0 Å². The van der Waals surface area contributed by atoms with E-state index in [4.69, 9.17) is 15.9 Å². The predicted molar refractivity (Wildman–Crippen MR) is 287 cm³/mol. The van der Waals surface area contributed by atoms with E-state index in [-0.39, 0.29) is 46.1 Å². The first kappa shape index (κ1) is 52.5. The fourth-order valence-corrected chi connectivity index (χ4v) is 10.7. The second-order valence-electron chi connectivity index (χ2n) is 20.3. The minimum atomic E-state index is -4.38.